The van der Waals surface area contributed by atoms with Crippen LogP contribution in [-0.4, -0.2) is 47.0 Å². The molecule has 0 unspecified atom stereocenters. The normalized spacial score (nSPS) is 23.0. The second-order valence-electron chi connectivity index (χ2n) is 6.16. The first kappa shape index (κ1) is 13.8. The van der Waals surface area contributed by atoms with E-state index in [-0.39, 0.29) is 0 Å². The van der Waals surface area contributed by atoms with Crippen LogP contribution in [0.4, 0.5) is 5.82 Å². The number of hydrogen-bond acceptors (Lipinski definition) is 4. The highest BCUT2D eigenvalue weighted by atomic mass is 15.2. The van der Waals surface area contributed by atoms with Crippen molar-refractivity contribution in [1.82, 2.24) is 14.8 Å². The number of nitrogens with zero attached hydrogens (tertiary/aromatic N) is 3. The zero-order chi connectivity index (χ0) is 13.8. The van der Waals surface area contributed by atoms with Gasteiger partial charge in [0.2, 0.25) is 0 Å². The van der Waals surface area contributed by atoms with Crippen molar-refractivity contribution in [3.8, 4) is 0 Å². The first-order valence-electron chi connectivity index (χ1n) is 7.99. The quantitative estimate of drug-likeness (QED) is 0.917. The molecule has 0 spiro atoms. The topological polar surface area (TPSA) is 45.4 Å². The number of aromatic nitrogens is 1. The van der Waals surface area contributed by atoms with Crippen molar-refractivity contribution in [3.05, 3.63) is 23.9 Å². The highest BCUT2D eigenvalue weighted by molar-refractivity contribution is 5.28. The summed E-state index contributed by atoms with van der Waals surface area (Å²) in [5.74, 6) is 0.630. The molecule has 2 aliphatic rings. The third-order valence-electron chi connectivity index (χ3n) is 4.68. The SMILES string of the molecule is Nc1cccc(CN2CCC(N3CCCCC3)CC2)n1. The van der Waals surface area contributed by atoms with Crippen molar-refractivity contribution >= 4 is 5.82 Å². The van der Waals surface area contributed by atoms with Crippen molar-refractivity contribution in [2.24, 2.45) is 0 Å². The number of likely N-dealkylation sites (tertiary alicyclic amines) is 2. The van der Waals surface area contributed by atoms with Gasteiger partial charge in [-0.15, -0.1) is 0 Å². The minimum absolute atomic E-state index is 0.630. The number of nitrogen functional groups attached to an aromatic ring is 1. The second-order valence-corrected chi connectivity index (χ2v) is 6.16. The molecule has 3 heterocycles. The van der Waals surface area contributed by atoms with Crippen LogP contribution in [0.25, 0.3) is 0 Å². The van der Waals surface area contributed by atoms with Gasteiger partial charge in [-0.25, -0.2) is 4.98 Å². The highest BCUT2D eigenvalue weighted by Gasteiger charge is 2.25. The van der Waals surface area contributed by atoms with Crippen molar-refractivity contribution in [2.75, 3.05) is 31.9 Å². The Morgan fingerprint density at radius 2 is 1.80 bits per heavy atom. The van der Waals surface area contributed by atoms with Gasteiger partial charge in [0.25, 0.3) is 0 Å². The molecule has 0 bridgehead atoms. The molecule has 0 radical (unpaired) electrons. The summed E-state index contributed by atoms with van der Waals surface area (Å²) < 4.78 is 0. The van der Waals surface area contributed by atoms with Gasteiger partial charge in [-0.2, -0.15) is 0 Å². The summed E-state index contributed by atoms with van der Waals surface area (Å²) >= 11 is 0. The lowest BCUT2D eigenvalue weighted by Gasteiger charge is -2.40. The Hall–Kier alpha value is -1.13. The molecule has 4 nitrogen and oxygen atoms in total. The molecule has 0 saturated carbocycles. The van der Waals surface area contributed by atoms with Gasteiger partial charge in [-0.05, 0) is 50.9 Å². The van der Waals surface area contributed by atoms with Gasteiger partial charge in [0, 0.05) is 25.7 Å². The Morgan fingerprint density at radius 1 is 1.05 bits per heavy atom. The molecule has 1 aromatic heterocycles. The Bertz CT molecular complexity index is 420. The number of nitrogens with two attached hydrogens (primary N) is 1. The van der Waals surface area contributed by atoms with Crippen LogP contribution in [0, 0.1) is 0 Å². The predicted molar refractivity (Wildman–Crippen MR) is 82.4 cm³/mol. The third kappa shape index (κ3) is 3.49. The van der Waals surface area contributed by atoms with Gasteiger partial charge >= 0.3 is 0 Å². The first-order chi connectivity index (χ1) is 9.81. The molecule has 2 aliphatic heterocycles. The van der Waals surface area contributed by atoms with Crippen LogP contribution in [0.3, 0.4) is 0 Å². The van der Waals surface area contributed by atoms with Gasteiger partial charge in [-0.3, -0.25) is 4.90 Å². The summed E-state index contributed by atoms with van der Waals surface area (Å²) in [6.07, 6.45) is 6.84. The maximum absolute atomic E-state index is 5.75. The van der Waals surface area contributed by atoms with Crippen LogP contribution in [-0.2, 0) is 6.54 Å². The number of hydrogen-bond donors (Lipinski definition) is 1. The van der Waals surface area contributed by atoms with Crippen LogP contribution < -0.4 is 5.73 Å². The lowest BCUT2D eigenvalue weighted by Crippen LogP contribution is -2.46. The molecular weight excluding hydrogens is 248 g/mol. The van der Waals surface area contributed by atoms with Gasteiger partial charge < -0.3 is 10.6 Å². The van der Waals surface area contributed by atoms with Gasteiger partial charge in [0.15, 0.2) is 0 Å². The third-order valence-corrected chi connectivity index (χ3v) is 4.68. The molecule has 0 aliphatic carbocycles. The highest BCUT2D eigenvalue weighted by Crippen LogP contribution is 2.21. The first-order valence-corrected chi connectivity index (χ1v) is 7.99. The fraction of sp³-hybridized carbons (Fsp3) is 0.688. The summed E-state index contributed by atoms with van der Waals surface area (Å²) in [6, 6.07) is 6.75. The van der Waals surface area contributed by atoms with E-state index in [1.165, 1.54) is 58.3 Å². The van der Waals surface area contributed by atoms with E-state index in [9.17, 15) is 0 Å². The summed E-state index contributed by atoms with van der Waals surface area (Å²) in [6.45, 7) is 5.97. The summed E-state index contributed by atoms with van der Waals surface area (Å²) in [4.78, 5) is 9.64. The molecule has 2 fully saturated rings. The van der Waals surface area contributed by atoms with Gasteiger partial charge in [0.1, 0.15) is 5.82 Å². The zero-order valence-electron chi connectivity index (χ0n) is 12.3. The predicted octanol–water partition coefficient (Wildman–Crippen LogP) is 2.11. The van der Waals surface area contributed by atoms with Gasteiger partial charge in [0.05, 0.1) is 5.69 Å². The molecule has 0 amide bonds. The zero-order valence-corrected chi connectivity index (χ0v) is 12.3. The van der Waals surface area contributed by atoms with Gasteiger partial charge in [-0.1, -0.05) is 12.5 Å². The van der Waals surface area contributed by atoms with E-state index < -0.39 is 0 Å². The van der Waals surface area contributed by atoms with E-state index in [1.807, 2.05) is 12.1 Å². The monoisotopic (exact) mass is 274 g/mol. The number of pyridine rings is 1. The van der Waals surface area contributed by atoms with Crippen LogP contribution in [0.2, 0.25) is 0 Å². The Balaban J connectivity index is 1.48. The molecule has 110 valence electrons. The summed E-state index contributed by atoms with van der Waals surface area (Å²) in [7, 11) is 0. The van der Waals surface area contributed by atoms with Crippen LogP contribution in [0.15, 0.2) is 18.2 Å². The maximum atomic E-state index is 5.75. The Kier molecular flexibility index (Phi) is 4.53. The number of rotatable bonds is 3. The average molecular weight is 274 g/mol. The molecule has 2 saturated heterocycles. The molecular formula is C16H26N4. The van der Waals surface area contributed by atoms with Crippen LogP contribution >= 0.6 is 0 Å². The van der Waals surface area contributed by atoms with E-state index in [0.29, 0.717) is 5.82 Å². The fourth-order valence-corrected chi connectivity index (χ4v) is 3.54. The van der Waals surface area contributed by atoms with E-state index in [4.69, 9.17) is 5.73 Å². The van der Waals surface area contributed by atoms with E-state index in [2.05, 4.69) is 20.9 Å². The lowest BCUT2D eigenvalue weighted by atomic mass is 10.00. The molecule has 2 N–H and O–H groups in total. The van der Waals surface area contributed by atoms with Crippen molar-refractivity contribution < 1.29 is 0 Å². The molecule has 20 heavy (non-hydrogen) atoms. The summed E-state index contributed by atoms with van der Waals surface area (Å²) in [5, 5.41) is 0. The minimum Gasteiger partial charge on any atom is -0.384 e. The van der Waals surface area contributed by atoms with E-state index in [1.54, 1.807) is 0 Å². The van der Waals surface area contributed by atoms with Crippen molar-refractivity contribution in [2.45, 2.75) is 44.7 Å². The Morgan fingerprint density at radius 3 is 2.50 bits per heavy atom. The largest absolute Gasteiger partial charge is 0.384 e. The molecule has 0 atom stereocenters. The minimum atomic E-state index is 0.630. The van der Waals surface area contributed by atoms with Crippen molar-refractivity contribution in [3.63, 3.8) is 0 Å². The average Bonchev–Trinajstić information content (AvgIpc) is 2.49. The Labute approximate surface area is 122 Å². The summed E-state index contributed by atoms with van der Waals surface area (Å²) in [5.41, 5.74) is 6.85. The van der Waals surface area contributed by atoms with E-state index >= 15 is 0 Å². The second kappa shape index (κ2) is 6.55. The maximum Gasteiger partial charge on any atom is 0.123 e. The van der Waals surface area contributed by atoms with E-state index in [0.717, 1.165) is 18.3 Å². The molecule has 1 aromatic rings. The number of piperidine rings is 2. The smallest absolute Gasteiger partial charge is 0.123 e. The fourth-order valence-electron chi connectivity index (χ4n) is 3.54. The standard InChI is InChI=1S/C16H26N4/c17-16-6-4-5-14(18-16)13-19-11-7-15(8-12-19)20-9-2-1-3-10-20/h4-6,15H,1-3,7-13H2,(H2,17,18). The lowest BCUT2D eigenvalue weighted by molar-refractivity contribution is 0.0891. The molecule has 4 heteroatoms. The molecule has 0 aromatic carbocycles. The van der Waals surface area contributed by atoms with Crippen LogP contribution in [0.1, 0.15) is 37.8 Å². The molecule has 3 rings (SSSR count). The van der Waals surface area contributed by atoms with Crippen molar-refractivity contribution in [1.29, 1.82) is 0 Å². The van der Waals surface area contributed by atoms with Crippen LogP contribution in [0.5, 0.6) is 0 Å². The number of anilines is 1.